The highest BCUT2D eigenvalue weighted by molar-refractivity contribution is 5.81. The Morgan fingerprint density at radius 2 is 2.00 bits per heavy atom. The monoisotopic (exact) mass is 239 g/mol. The standard InChI is InChI=1S/C14H25NO2/c1-3-17-13(16)14(10-6-7-11(14)2)15-12-8-4-5-9-12/h11-12,15H,3-10H2,1-2H3. The summed E-state index contributed by atoms with van der Waals surface area (Å²) in [5.41, 5.74) is -0.384. The van der Waals surface area contributed by atoms with E-state index in [1.165, 1.54) is 25.7 Å². The molecule has 2 unspecified atom stereocenters. The fraction of sp³-hybridized carbons (Fsp3) is 0.929. The second-order valence-corrected chi connectivity index (χ2v) is 5.61. The number of ether oxygens (including phenoxy) is 1. The van der Waals surface area contributed by atoms with Crippen LogP contribution in [0.25, 0.3) is 0 Å². The zero-order chi connectivity index (χ0) is 12.3. The van der Waals surface area contributed by atoms with E-state index in [0.717, 1.165) is 19.3 Å². The minimum absolute atomic E-state index is 0.0168. The van der Waals surface area contributed by atoms with Crippen molar-refractivity contribution in [3.05, 3.63) is 0 Å². The molecule has 3 heteroatoms. The molecule has 2 fully saturated rings. The van der Waals surface area contributed by atoms with Crippen molar-refractivity contribution in [2.75, 3.05) is 6.61 Å². The van der Waals surface area contributed by atoms with E-state index in [1.807, 2.05) is 6.92 Å². The van der Waals surface area contributed by atoms with Crippen molar-refractivity contribution in [2.45, 2.75) is 70.4 Å². The summed E-state index contributed by atoms with van der Waals surface area (Å²) < 4.78 is 5.31. The van der Waals surface area contributed by atoms with Crippen molar-refractivity contribution in [1.82, 2.24) is 5.32 Å². The van der Waals surface area contributed by atoms with Crippen LogP contribution in [0.5, 0.6) is 0 Å². The zero-order valence-corrected chi connectivity index (χ0v) is 11.1. The Hall–Kier alpha value is -0.570. The van der Waals surface area contributed by atoms with E-state index < -0.39 is 0 Å². The van der Waals surface area contributed by atoms with E-state index in [1.54, 1.807) is 0 Å². The first kappa shape index (κ1) is 12.9. The number of nitrogens with one attached hydrogen (secondary N) is 1. The molecule has 0 saturated heterocycles. The molecule has 1 N–H and O–H groups in total. The van der Waals surface area contributed by atoms with Gasteiger partial charge in [-0.2, -0.15) is 0 Å². The molecule has 0 aromatic carbocycles. The fourth-order valence-electron chi connectivity index (χ4n) is 3.45. The minimum Gasteiger partial charge on any atom is -0.465 e. The van der Waals surface area contributed by atoms with E-state index in [2.05, 4.69) is 12.2 Å². The third-order valence-corrected chi connectivity index (χ3v) is 4.51. The number of esters is 1. The van der Waals surface area contributed by atoms with E-state index in [9.17, 15) is 4.79 Å². The molecule has 0 bridgehead atoms. The van der Waals surface area contributed by atoms with Crippen molar-refractivity contribution in [2.24, 2.45) is 5.92 Å². The van der Waals surface area contributed by atoms with Gasteiger partial charge in [0.2, 0.25) is 0 Å². The highest BCUT2D eigenvalue weighted by Gasteiger charge is 2.49. The Morgan fingerprint density at radius 1 is 1.29 bits per heavy atom. The second-order valence-electron chi connectivity index (χ2n) is 5.61. The largest absolute Gasteiger partial charge is 0.465 e. The lowest BCUT2D eigenvalue weighted by atomic mass is 9.87. The van der Waals surface area contributed by atoms with Crippen LogP contribution in [-0.2, 0) is 9.53 Å². The highest BCUT2D eigenvalue weighted by Crippen LogP contribution is 2.38. The lowest BCUT2D eigenvalue weighted by Gasteiger charge is -2.35. The van der Waals surface area contributed by atoms with Gasteiger partial charge < -0.3 is 4.74 Å². The molecule has 2 aliphatic rings. The molecule has 2 aliphatic carbocycles. The van der Waals surface area contributed by atoms with Gasteiger partial charge in [-0.05, 0) is 38.5 Å². The van der Waals surface area contributed by atoms with Crippen molar-refractivity contribution in [3.63, 3.8) is 0 Å². The van der Waals surface area contributed by atoms with Gasteiger partial charge in [0.25, 0.3) is 0 Å². The molecule has 2 saturated carbocycles. The number of carbonyl (C=O) groups excluding carboxylic acids is 1. The third kappa shape index (κ3) is 2.49. The first-order valence-corrected chi connectivity index (χ1v) is 7.14. The third-order valence-electron chi connectivity index (χ3n) is 4.51. The molecule has 0 amide bonds. The first-order chi connectivity index (χ1) is 8.19. The van der Waals surface area contributed by atoms with Crippen LogP contribution in [0.15, 0.2) is 0 Å². The normalized spacial score (nSPS) is 34.1. The van der Waals surface area contributed by atoms with Crippen molar-refractivity contribution < 1.29 is 9.53 Å². The summed E-state index contributed by atoms with van der Waals surface area (Å²) in [6, 6.07) is 0.528. The van der Waals surface area contributed by atoms with Gasteiger partial charge in [0.05, 0.1) is 6.61 Å². The predicted octanol–water partition coefficient (Wildman–Crippen LogP) is 2.64. The van der Waals surface area contributed by atoms with E-state index in [-0.39, 0.29) is 11.5 Å². The topological polar surface area (TPSA) is 38.3 Å². The fourth-order valence-corrected chi connectivity index (χ4v) is 3.45. The Balaban J connectivity index is 2.08. The summed E-state index contributed by atoms with van der Waals surface area (Å²) in [4.78, 5) is 12.3. The number of rotatable bonds is 4. The van der Waals surface area contributed by atoms with Crippen molar-refractivity contribution in [3.8, 4) is 0 Å². The average Bonchev–Trinajstić information content (AvgIpc) is 2.91. The molecular weight excluding hydrogens is 214 g/mol. The molecule has 3 nitrogen and oxygen atoms in total. The summed E-state index contributed by atoms with van der Waals surface area (Å²) >= 11 is 0. The van der Waals surface area contributed by atoms with Crippen LogP contribution < -0.4 is 5.32 Å². The molecule has 2 atom stereocenters. The van der Waals surface area contributed by atoms with Crippen LogP contribution in [0.1, 0.15) is 58.8 Å². The van der Waals surface area contributed by atoms with Gasteiger partial charge in [0, 0.05) is 6.04 Å². The highest BCUT2D eigenvalue weighted by atomic mass is 16.5. The van der Waals surface area contributed by atoms with E-state index >= 15 is 0 Å². The average molecular weight is 239 g/mol. The number of hydrogen-bond acceptors (Lipinski definition) is 3. The van der Waals surface area contributed by atoms with Gasteiger partial charge in [-0.1, -0.05) is 26.2 Å². The van der Waals surface area contributed by atoms with Crippen LogP contribution in [0.4, 0.5) is 0 Å². The van der Waals surface area contributed by atoms with Crippen LogP contribution in [0.3, 0.4) is 0 Å². The van der Waals surface area contributed by atoms with Crippen molar-refractivity contribution >= 4 is 5.97 Å². The van der Waals surface area contributed by atoms with Gasteiger partial charge in [-0.15, -0.1) is 0 Å². The molecule has 0 spiro atoms. The van der Waals surface area contributed by atoms with Crippen molar-refractivity contribution in [1.29, 1.82) is 0 Å². The summed E-state index contributed by atoms with van der Waals surface area (Å²) in [5, 5.41) is 3.65. The Morgan fingerprint density at radius 3 is 2.53 bits per heavy atom. The van der Waals surface area contributed by atoms with Gasteiger partial charge >= 0.3 is 5.97 Å². The summed E-state index contributed by atoms with van der Waals surface area (Å²) in [6.07, 6.45) is 8.25. The summed E-state index contributed by atoms with van der Waals surface area (Å²) in [5.74, 6) is 0.388. The van der Waals surface area contributed by atoms with Gasteiger partial charge in [0.1, 0.15) is 5.54 Å². The molecule has 98 valence electrons. The SMILES string of the molecule is CCOC(=O)C1(NC2CCCC2)CCCC1C. The predicted molar refractivity (Wildman–Crippen MR) is 67.8 cm³/mol. The maximum absolute atomic E-state index is 12.3. The minimum atomic E-state index is -0.384. The maximum Gasteiger partial charge on any atom is 0.326 e. The molecule has 2 rings (SSSR count). The second kappa shape index (κ2) is 5.38. The molecule has 0 radical (unpaired) electrons. The van der Waals surface area contributed by atoms with Gasteiger partial charge in [0.15, 0.2) is 0 Å². The quantitative estimate of drug-likeness (QED) is 0.766. The summed E-state index contributed by atoms with van der Waals surface area (Å²) in [7, 11) is 0. The Bertz CT molecular complexity index is 273. The van der Waals surface area contributed by atoms with Crippen LogP contribution in [0.2, 0.25) is 0 Å². The van der Waals surface area contributed by atoms with Crippen LogP contribution >= 0.6 is 0 Å². The van der Waals surface area contributed by atoms with E-state index in [4.69, 9.17) is 4.74 Å². The number of carbonyl (C=O) groups is 1. The lowest BCUT2D eigenvalue weighted by Crippen LogP contribution is -2.57. The smallest absolute Gasteiger partial charge is 0.326 e. The van der Waals surface area contributed by atoms with Gasteiger partial charge in [-0.25, -0.2) is 0 Å². The molecule has 0 aromatic heterocycles. The summed E-state index contributed by atoms with van der Waals surface area (Å²) in [6.45, 7) is 4.56. The molecule has 17 heavy (non-hydrogen) atoms. The zero-order valence-electron chi connectivity index (χ0n) is 11.1. The number of hydrogen-bond donors (Lipinski definition) is 1. The molecular formula is C14H25NO2. The molecule has 0 aromatic rings. The molecule has 0 aliphatic heterocycles. The maximum atomic E-state index is 12.3. The van der Waals surface area contributed by atoms with E-state index in [0.29, 0.717) is 18.6 Å². The van der Waals surface area contributed by atoms with Gasteiger partial charge in [-0.3, -0.25) is 10.1 Å². The Labute approximate surface area is 104 Å². The first-order valence-electron chi connectivity index (χ1n) is 7.14. The van der Waals surface area contributed by atoms with Crippen LogP contribution in [-0.4, -0.2) is 24.2 Å². The Kier molecular flexibility index (Phi) is 4.08. The lowest BCUT2D eigenvalue weighted by molar-refractivity contribution is -0.153. The van der Waals surface area contributed by atoms with Crippen LogP contribution in [0, 0.1) is 5.92 Å². The molecule has 0 heterocycles.